The Bertz CT molecular complexity index is 796. The van der Waals surface area contributed by atoms with Gasteiger partial charge in [0.1, 0.15) is 25.6 Å². The van der Waals surface area contributed by atoms with Crippen LogP contribution < -0.4 is 0 Å². The second-order valence-corrected chi connectivity index (χ2v) is 14.3. The van der Waals surface area contributed by atoms with Gasteiger partial charge >= 0.3 is 11.9 Å². The molecule has 0 aromatic heterocycles. The first-order valence-electron chi connectivity index (χ1n) is 21.1. The second kappa shape index (κ2) is 44.2. The highest BCUT2D eigenvalue weighted by Crippen LogP contribution is 2.13. The fourth-order valence-corrected chi connectivity index (χ4v) is 5.57. The predicted octanol–water partition coefficient (Wildman–Crippen LogP) is 11.9. The molecule has 0 aliphatic carbocycles. The zero-order valence-electron chi connectivity index (χ0n) is 34.3. The molecule has 0 bridgehead atoms. The van der Waals surface area contributed by atoms with Crippen molar-refractivity contribution in [1.82, 2.24) is 4.90 Å². The van der Waals surface area contributed by atoms with Crippen molar-refractivity contribution in [2.24, 2.45) is 0 Å². The summed E-state index contributed by atoms with van der Waals surface area (Å²) in [7, 11) is 5.47. The molecule has 0 aliphatic rings. The maximum absolute atomic E-state index is 11.9. The van der Waals surface area contributed by atoms with E-state index in [-0.39, 0.29) is 25.2 Å². The Balaban J connectivity index is 0. The van der Waals surface area contributed by atoms with E-state index in [4.69, 9.17) is 14.2 Å². The topological polar surface area (TPSA) is 82.1 Å². The highest BCUT2D eigenvalue weighted by atomic mass is 16.6. The van der Waals surface area contributed by atoms with Gasteiger partial charge in [-0.3, -0.25) is 9.59 Å². The van der Waals surface area contributed by atoms with Crippen LogP contribution in [0.15, 0.2) is 24.3 Å². The SMILES string of the molecule is CCCCC/C=C\C/C=C\CCCCCCCC=O.CCCCCCCCCCCCCCCC(=O)OCC(COC(=O)CCCN(C)C)OC. The Morgan fingerprint density at radius 2 is 0.922 bits per heavy atom. The van der Waals surface area contributed by atoms with E-state index in [9.17, 15) is 14.4 Å². The molecule has 0 aromatic rings. The van der Waals surface area contributed by atoms with Crippen LogP contribution in [0.4, 0.5) is 0 Å². The number of hydrogen-bond donors (Lipinski definition) is 0. The molecule has 7 nitrogen and oxygen atoms in total. The molecule has 0 saturated heterocycles. The maximum atomic E-state index is 11.9. The van der Waals surface area contributed by atoms with Crippen molar-refractivity contribution < 1.29 is 28.6 Å². The van der Waals surface area contributed by atoms with Crippen LogP contribution in [0.25, 0.3) is 0 Å². The van der Waals surface area contributed by atoms with Crippen molar-refractivity contribution in [3.63, 3.8) is 0 Å². The molecule has 0 fully saturated rings. The lowest BCUT2D eigenvalue weighted by Gasteiger charge is -2.16. The molecule has 51 heavy (non-hydrogen) atoms. The Hall–Kier alpha value is -1.99. The van der Waals surface area contributed by atoms with Gasteiger partial charge in [-0.05, 0) is 72.0 Å². The third-order valence-electron chi connectivity index (χ3n) is 8.94. The van der Waals surface area contributed by atoms with Crippen LogP contribution in [0.2, 0.25) is 0 Å². The minimum Gasteiger partial charge on any atom is -0.463 e. The van der Waals surface area contributed by atoms with E-state index < -0.39 is 6.10 Å². The molecular weight excluding hydrogens is 638 g/mol. The van der Waals surface area contributed by atoms with Crippen LogP contribution in [0.5, 0.6) is 0 Å². The smallest absolute Gasteiger partial charge is 0.305 e. The molecular formula is C44H83NO6. The fraction of sp³-hybridized carbons (Fsp3) is 0.841. The number of hydrogen-bond acceptors (Lipinski definition) is 7. The number of carbonyl (C=O) groups excluding carboxylic acids is 3. The van der Waals surface area contributed by atoms with Gasteiger partial charge in [-0.15, -0.1) is 0 Å². The summed E-state index contributed by atoms with van der Waals surface area (Å²) in [6, 6.07) is 0. The Kier molecular flexibility index (Phi) is 44.3. The number of esters is 2. The van der Waals surface area contributed by atoms with Crippen LogP contribution in [0.3, 0.4) is 0 Å². The predicted molar refractivity (Wildman–Crippen MR) is 216 cm³/mol. The van der Waals surface area contributed by atoms with Gasteiger partial charge < -0.3 is 23.9 Å². The standard InChI is InChI=1S/C26H51NO5.C18H32O/c1-5-6-7-8-9-10-11-12-13-14-15-16-17-19-25(28)31-22-24(30-4)23-32-26(29)20-18-21-27(2)3;1-2-3-4-5-6-7-8-9-10-11-12-13-14-15-16-17-18-19/h24H,5-23H2,1-4H3;6-7,9-10,18H,2-5,8,11-17H2,1H3/b;7-6-,10-9-. The highest BCUT2D eigenvalue weighted by Gasteiger charge is 2.14. The molecule has 0 rings (SSSR count). The normalized spacial score (nSPS) is 12.0. The molecule has 0 N–H and O–H groups in total. The lowest BCUT2D eigenvalue weighted by atomic mass is 10.0. The summed E-state index contributed by atoms with van der Waals surface area (Å²) in [5, 5.41) is 0. The number of nitrogens with zero attached hydrogens (tertiary/aromatic N) is 1. The fourth-order valence-electron chi connectivity index (χ4n) is 5.57. The van der Waals surface area contributed by atoms with Gasteiger partial charge in [-0.25, -0.2) is 0 Å². The molecule has 0 saturated carbocycles. The van der Waals surface area contributed by atoms with E-state index in [1.165, 1.54) is 136 Å². The van der Waals surface area contributed by atoms with Crippen molar-refractivity contribution in [1.29, 1.82) is 0 Å². The first kappa shape index (κ1) is 51.1. The minimum atomic E-state index is -0.414. The second-order valence-electron chi connectivity index (χ2n) is 14.3. The van der Waals surface area contributed by atoms with Gasteiger partial charge in [-0.1, -0.05) is 147 Å². The van der Waals surface area contributed by atoms with Crippen LogP contribution in [-0.4, -0.2) is 70.2 Å². The van der Waals surface area contributed by atoms with Gasteiger partial charge in [0.25, 0.3) is 0 Å². The zero-order valence-corrected chi connectivity index (χ0v) is 34.3. The van der Waals surface area contributed by atoms with Crippen molar-refractivity contribution in [3.8, 4) is 0 Å². The molecule has 300 valence electrons. The molecule has 0 aromatic carbocycles. The lowest BCUT2D eigenvalue weighted by molar-refractivity contribution is -0.153. The summed E-state index contributed by atoms with van der Waals surface area (Å²) >= 11 is 0. The summed E-state index contributed by atoms with van der Waals surface area (Å²) in [4.78, 5) is 35.8. The van der Waals surface area contributed by atoms with Crippen molar-refractivity contribution in [2.75, 3.05) is 41.0 Å². The Labute approximate surface area is 316 Å². The van der Waals surface area contributed by atoms with E-state index in [0.717, 1.165) is 51.4 Å². The maximum Gasteiger partial charge on any atom is 0.305 e. The minimum absolute atomic E-state index is 0.114. The largest absolute Gasteiger partial charge is 0.463 e. The molecule has 1 atom stereocenters. The number of aldehydes is 1. The Morgan fingerprint density at radius 1 is 0.529 bits per heavy atom. The molecule has 0 spiro atoms. The van der Waals surface area contributed by atoms with E-state index in [1.54, 1.807) is 0 Å². The highest BCUT2D eigenvalue weighted by molar-refractivity contribution is 5.69. The van der Waals surface area contributed by atoms with E-state index in [2.05, 4.69) is 38.2 Å². The van der Waals surface area contributed by atoms with Crippen LogP contribution >= 0.6 is 0 Å². The zero-order chi connectivity index (χ0) is 37.9. The molecule has 1 unspecified atom stereocenters. The average Bonchev–Trinajstić information content (AvgIpc) is 3.12. The van der Waals surface area contributed by atoms with Gasteiger partial charge in [0.15, 0.2) is 0 Å². The van der Waals surface area contributed by atoms with Gasteiger partial charge in [-0.2, -0.15) is 0 Å². The summed E-state index contributed by atoms with van der Waals surface area (Å²) in [5.74, 6) is -0.445. The van der Waals surface area contributed by atoms with Crippen molar-refractivity contribution in [3.05, 3.63) is 24.3 Å². The average molecular weight is 722 g/mol. The number of methoxy groups -OCH3 is 1. The van der Waals surface area contributed by atoms with Crippen molar-refractivity contribution >= 4 is 18.2 Å². The monoisotopic (exact) mass is 722 g/mol. The first-order chi connectivity index (χ1) is 24.9. The lowest BCUT2D eigenvalue weighted by Crippen LogP contribution is -2.27. The number of allylic oxidation sites excluding steroid dienone is 4. The van der Waals surface area contributed by atoms with E-state index in [0.29, 0.717) is 12.8 Å². The molecule has 7 heteroatoms. The quantitative estimate of drug-likeness (QED) is 0.0273. The van der Waals surface area contributed by atoms with Gasteiger partial charge in [0.05, 0.1) is 0 Å². The number of unbranched alkanes of at least 4 members (excludes halogenated alkanes) is 21. The van der Waals surface area contributed by atoms with Crippen LogP contribution in [0.1, 0.15) is 194 Å². The van der Waals surface area contributed by atoms with Crippen LogP contribution in [0, 0.1) is 0 Å². The van der Waals surface area contributed by atoms with E-state index >= 15 is 0 Å². The summed E-state index contributed by atoms with van der Waals surface area (Å²) in [6.45, 7) is 5.59. The van der Waals surface area contributed by atoms with Crippen LogP contribution in [-0.2, 0) is 28.6 Å². The van der Waals surface area contributed by atoms with E-state index in [1.807, 2.05) is 19.0 Å². The third kappa shape index (κ3) is 46.0. The van der Waals surface area contributed by atoms with Gasteiger partial charge in [0.2, 0.25) is 0 Å². The molecule has 0 heterocycles. The third-order valence-corrected chi connectivity index (χ3v) is 8.94. The summed E-state index contributed by atoms with van der Waals surface area (Å²) in [6.07, 6.45) is 42.5. The Morgan fingerprint density at radius 3 is 1.37 bits per heavy atom. The number of ether oxygens (including phenoxy) is 3. The molecule has 0 radical (unpaired) electrons. The number of rotatable bonds is 37. The summed E-state index contributed by atoms with van der Waals surface area (Å²) in [5.41, 5.74) is 0. The number of carbonyl (C=O) groups is 3. The first-order valence-corrected chi connectivity index (χ1v) is 21.1. The van der Waals surface area contributed by atoms with Crippen molar-refractivity contribution in [2.45, 2.75) is 200 Å². The summed E-state index contributed by atoms with van der Waals surface area (Å²) < 4.78 is 15.8. The molecule has 0 aliphatic heterocycles. The molecule has 0 amide bonds. The van der Waals surface area contributed by atoms with Gasteiger partial charge in [0, 0.05) is 26.4 Å².